The minimum Gasteiger partial charge on any atom is -0.394 e. The van der Waals surface area contributed by atoms with E-state index in [4.69, 9.17) is 5.11 Å². The molecule has 0 saturated carbocycles. The van der Waals surface area contributed by atoms with Gasteiger partial charge in [-0.05, 0) is 26.9 Å². The molecule has 0 bridgehead atoms. The molecule has 0 heterocycles. The van der Waals surface area contributed by atoms with Gasteiger partial charge in [0, 0.05) is 6.10 Å². The van der Waals surface area contributed by atoms with Gasteiger partial charge in [0.25, 0.3) is 0 Å². The maximum Gasteiger partial charge on any atom is 0.0483 e. The molecule has 0 aromatic rings. The fourth-order valence-electron chi connectivity index (χ4n) is 0.250. The summed E-state index contributed by atoms with van der Waals surface area (Å²) in [6, 6.07) is 0. The third kappa shape index (κ3) is 75.3. The summed E-state index contributed by atoms with van der Waals surface area (Å²) in [5.41, 5.74) is 0. The Morgan fingerprint density at radius 3 is 1.44 bits per heavy atom. The summed E-state index contributed by atoms with van der Waals surface area (Å²) >= 11 is 0. The topological polar surface area (TPSA) is 32.3 Å². The molecule has 0 aromatic heterocycles. The Labute approximate surface area is 58.3 Å². The molecule has 0 rings (SSSR count). The number of hydrogen-bond acceptors (Lipinski definition) is 2. The lowest BCUT2D eigenvalue weighted by Gasteiger charge is -1.86. The molecule has 9 heavy (non-hydrogen) atoms. The molecule has 0 spiro atoms. The summed E-state index contributed by atoms with van der Waals surface area (Å²) in [7, 11) is 0. The molecule has 0 aliphatic carbocycles. The Hall–Kier alpha value is -0.0800. The van der Waals surface area contributed by atoms with Gasteiger partial charge in [-0.3, -0.25) is 0 Å². The molecular formula is C7H19NO. The van der Waals surface area contributed by atoms with Gasteiger partial charge in [-0.2, -0.15) is 0 Å². The summed E-state index contributed by atoms with van der Waals surface area (Å²) in [5.74, 6) is 0. The van der Waals surface area contributed by atoms with Gasteiger partial charge in [0.1, 0.15) is 0 Å². The van der Waals surface area contributed by atoms with Gasteiger partial charge >= 0.3 is 0 Å². The van der Waals surface area contributed by atoms with E-state index in [1.165, 1.54) is 0 Å². The van der Waals surface area contributed by atoms with Crippen LogP contribution in [0.25, 0.3) is 0 Å². The van der Waals surface area contributed by atoms with Gasteiger partial charge < -0.3 is 10.4 Å². The van der Waals surface area contributed by atoms with E-state index < -0.39 is 0 Å². The second-order valence-corrected chi connectivity index (χ2v) is 2.05. The highest BCUT2D eigenvalue weighted by Gasteiger charge is 1.69. The van der Waals surface area contributed by atoms with Crippen LogP contribution in [0.5, 0.6) is 0 Å². The van der Waals surface area contributed by atoms with E-state index in [2.05, 4.69) is 19.2 Å². The van der Waals surface area contributed by atoms with Crippen LogP contribution in [0.3, 0.4) is 0 Å². The van der Waals surface area contributed by atoms with Crippen molar-refractivity contribution in [2.24, 2.45) is 0 Å². The zero-order chi connectivity index (χ0) is 7.70. The zero-order valence-corrected chi connectivity index (χ0v) is 6.94. The molecule has 0 fully saturated rings. The van der Waals surface area contributed by atoms with E-state index >= 15 is 0 Å². The first kappa shape index (κ1) is 11.7. The van der Waals surface area contributed by atoms with E-state index in [-0.39, 0.29) is 6.10 Å². The van der Waals surface area contributed by atoms with Crippen molar-refractivity contribution >= 4 is 0 Å². The number of aliphatic hydroxyl groups excluding tert-OH is 1. The summed E-state index contributed by atoms with van der Waals surface area (Å²) in [6.45, 7) is 9.83. The summed E-state index contributed by atoms with van der Waals surface area (Å²) in [4.78, 5) is 0. The Morgan fingerprint density at radius 2 is 1.44 bits per heavy atom. The molecule has 0 atom stereocenters. The Kier molecular flexibility index (Phi) is 14.0. The molecule has 0 unspecified atom stereocenters. The fraction of sp³-hybridized carbons (Fsp3) is 1.00. The van der Waals surface area contributed by atoms with Crippen LogP contribution in [0.1, 0.15) is 27.7 Å². The predicted molar refractivity (Wildman–Crippen MR) is 41.6 cm³/mol. The average Bonchev–Trinajstić information content (AvgIpc) is 1.66. The Bertz CT molecular complexity index is 33.1. The second-order valence-electron chi connectivity index (χ2n) is 2.05. The van der Waals surface area contributed by atoms with Gasteiger partial charge in [0.05, 0.1) is 0 Å². The zero-order valence-electron chi connectivity index (χ0n) is 6.94. The first-order valence-corrected chi connectivity index (χ1v) is 3.53. The summed E-state index contributed by atoms with van der Waals surface area (Å²) in [6.07, 6.45) is -0.167. The SMILES string of the molecule is CC(C)O.CCNCC. The number of rotatable bonds is 2. The summed E-state index contributed by atoms with van der Waals surface area (Å²) in [5, 5.41) is 11.2. The van der Waals surface area contributed by atoms with Crippen LogP contribution in [0.4, 0.5) is 0 Å². The molecule has 0 radical (unpaired) electrons. The predicted octanol–water partition coefficient (Wildman–Crippen LogP) is 1.00. The maximum absolute atomic E-state index is 8.06. The van der Waals surface area contributed by atoms with Crippen LogP contribution in [0, 0.1) is 0 Å². The first-order chi connectivity index (χ1) is 4.15. The van der Waals surface area contributed by atoms with E-state index in [9.17, 15) is 0 Å². The van der Waals surface area contributed by atoms with Crippen molar-refractivity contribution in [2.75, 3.05) is 13.1 Å². The highest BCUT2D eigenvalue weighted by Crippen LogP contribution is 1.65. The molecule has 0 amide bonds. The molecule has 2 nitrogen and oxygen atoms in total. The van der Waals surface area contributed by atoms with Crippen molar-refractivity contribution in [1.29, 1.82) is 0 Å². The Balaban J connectivity index is 0. The lowest BCUT2D eigenvalue weighted by Crippen LogP contribution is -2.09. The standard InChI is InChI=1S/C4H11N.C3H8O/c1-3-5-4-2;1-3(2)4/h5H,3-4H2,1-2H3;3-4H,1-2H3. The Morgan fingerprint density at radius 1 is 1.22 bits per heavy atom. The van der Waals surface area contributed by atoms with Crippen LogP contribution >= 0.6 is 0 Å². The largest absolute Gasteiger partial charge is 0.394 e. The number of hydrogen-bond donors (Lipinski definition) is 2. The fourth-order valence-corrected chi connectivity index (χ4v) is 0.250. The van der Waals surface area contributed by atoms with E-state index in [0.29, 0.717) is 0 Å². The second kappa shape index (κ2) is 10.8. The quantitative estimate of drug-likeness (QED) is 0.589. The van der Waals surface area contributed by atoms with Gasteiger partial charge in [0.2, 0.25) is 0 Å². The molecule has 0 aliphatic heterocycles. The van der Waals surface area contributed by atoms with Crippen molar-refractivity contribution in [1.82, 2.24) is 5.32 Å². The third-order valence-corrected chi connectivity index (χ3v) is 0.500. The van der Waals surface area contributed by atoms with Gasteiger partial charge in [-0.1, -0.05) is 13.8 Å². The summed E-state index contributed by atoms with van der Waals surface area (Å²) < 4.78 is 0. The van der Waals surface area contributed by atoms with Crippen molar-refractivity contribution < 1.29 is 5.11 Å². The van der Waals surface area contributed by atoms with Gasteiger partial charge in [0.15, 0.2) is 0 Å². The number of aliphatic hydroxyl groups is 1. The smallest absolute Gasteiger partial charge is 0.0483 e. The van der Waals surface area contributed by atoms with Crippen molar-refractivity contribution in [3.05, 3.63) is 0 Å². The average molecular weight is 133 g/mol. The van der Waals surface area contributed by atoms with E-state index in [0.717, 1.165) is 13.1 Å². The molecular weight excluding hydrogens is 114 g/mol. The molecule has 2 heteroatoms. The van der Waals surface area contributed by atoms with Crippen LogP contribution in [-0.2, 0) is 0 Å². The van der Waals surface area contributed by atoms with Crippen LogP contribution in [-0.4, -0.2) is 24.3 Å². The minimum absolute atomic E-state index is 0.167. The van der Waals surface area contributed by atoms with E-state index in [1.807, 2.05) is 0 Å². The monoisotopic (exact) mass is 133 g/mol. The minimum atomic E-state index is -0.167. The molecule has 0 aliphatic rings. The first-order valence-electron chi connectivity index (χ1n) is 3.53. The normalized spacial score (nSPS) is 8.67. The highest BCUT2D eigenvalue weighted by molar-refractivity contribution is 4.27. The van der Waals surface area contributed by atoms with E-state index in [1.54, 1.807) is 13.8 Å². The third-order valence-electron chi connectivity index (χ3n) is 0.500. The highest BCUT2D eigenvalue weighted by atomic mass is 16.3. The molecule has 2 N–H and O–H groups in total. The van der Waals surface area contributed by atoms with Crippen LogP contribution in [0.15, 0.2) is 0 Å². The lowest BCUT2D eigenvalue weighted by atomic mass is 10.5. The number of nitrogens with one attached hydrogen (secondary N) is 1. The van der Waals surface area contributed by atoms with Crippen molar-refractivity contribution in [3.8, 4) is 0 Å². The van der Waals surface area contributed by atoms with Crippen molar-refractivity contribution in [3.63, 3.8) is 0 Å². The maximum atomic E-state index is 8.06. The van der Waals surface area contributed by atoms with Gasteiger partial charge in [-0.15, -0.1) is 0 Å². The molecule has 0 saturated heterocycles. The van der Waals surface area contributed by atoms with Crippen LogP contribution in [0.2, 0.25) is 0 Å². The molecule has 0 aromatic carbocycles. The van der Waals surface area contributed by atoms with Crippen molar-refractivity contribution in [2.45, 2.75) is 33.8 Å². The van der Waals surface area contributed by atoms with Gasteiger partial charge in [-0.25, -0.2) is 0 Å². The molecule has 58 valence electrons. The van der Waals surface area contributed by atoms with Crippen LogP contribution < -0.4 is 5.32 Å². The lowest BCUT2D eigenvalue weighted by molar-refractivity contribution is 0.216.